The smallest absolute Gasteiger partial charge is 0.220 e. The minimum absolute atomic E-state index is 0.0502. The van der Waals surface area contributed by atoms with Gasteiger partial charge in [0, 0.05) is 23.4 Å². The fourth-order valence-corrected chi connectivity index (χ4v) is 3.24. The van der Waals surface area contributed by atoms with Gasteiger partial charge in [0.25, 0.3) is 0 Å². The SMILES string of the molecule is COc1ccc(-c2cnc(N)nc2-c2ccc(OCc3ccc(C)cc3)cc2O)cc1. The first-order chi connectivity index (χ1) is 15.0. The van der Waals surface area contributed by atoms with E-state index in [9.17, 15) is 5.11 Å². The molecule has 0 bridgehead atoms. The minimum Gasteiger partial charge on any atom is -0.507 e. The molecule has 6 nitrogen and oxygen atoms in total. The molecule has 1 heterocycles. The zero-order valence-corrected chi connectivity index (χ0v) is 17.4. The van der Waals surface area contributed by atoms with Crippen molar-refractivity contribution in [1.82, 2.24) is 9.97 Å². The van der Waals surface area contributed by atoms with Crippen LogP contribution in [0.25, 0.3) is 22.4 Å². The van der Waals surface area contributed by atoms with Crippen molar-refractivity contribution in [2.45, 2.75) is 13.5 Å². The quantitative estimate of drug-likeness (QED) is 0.463. The van der Waals surface area contributed by atoms with E-state index in [4.69, 9.17) is 15.2 Å². The van der Waals surface area contributed by atoms with Crippen molar-refractivity contribution in [3.05, 3.63) is 84.1 Å². The molecule has 4 rings (SSSR count). The van der Waals surface area contributed by atoms with Crippen LogP contribution in [0.5, 0.6) is 17.2 Å². The van der Waals surface area contributed by atoms with Gasteiger partial charge in [0.2, 0.25) is 5.95 Å². The highest BCUT2D eigenvalue weighted by atomic mass is 16.5. The van der Waals surface area contributed by atoms with Crippen LogP contribution in [-0.4, -0.2) is 22.2 Å². The largest absolute Gasteiger partial charge is 0.507 e. The van der Waals surface area contributed by atoms with Crippen molar-refractivity contribution >= 4 is 5.95 Å². The molecule has 6 heteroatoms. The van der Waals surface area contributed by atoms with Crippen LogP contribution < -0.4 is 15.2 Å². The van der Waals surface area contributed by atoms with Gasteiger partial charge in [-0.3, -0.25) is 0 Å². The highest BCUT2D eigenvalue weighted by Gasteiger charge is 2.15. The summed E-state index contributed by atoms with van der Waals surface area (Å²) in [6.45, 7) is 2.46. The van der Waals surface area contributed by atoms with E-state index in [-0.39, 0.29) is 11.7 Å². The van der Waals surface area contributed by atoms with Crippen molar-refractivity contribution in [3.63, 3.8) is 0 Å². The third-order valence-corrected chi connectivity index (χ3v) is 4.96. The van der Waals surface area contributed by atoms with Gasteiger partial charge in [-0.05, 0) is 42.3 Å². The van der Waals surface area contributed by atoms with Gasteiger partial charge in [-0.25, -0.2) is 9.97 Å². The number of aromatic hydroxyl groups is 1. The molecule has 1 aromatic heterocycles. The molecule has 31 heavy (non-hydrogen) atoms. The number of ether oxygens (including phenoxy) is 2. The molecule has 0 amide bonds. The Bertz CT molecular complexity index is 1190. The molecule has 0 spiro atoms. The summed E-state index contributed by atoms with van der Waals surface area (Å²) in [6, 6.07) is 20.8. The van der Waals surface area contributed by atoms with Gasteiger partial charge in [0.05, 0.1) is 12.8 Å². The third-order valence-electron chi connectivity index (χ3n) is 4.96. The molecule has 3 aromatic carbocycles. The van der Waals surface area contributed by atoms with Crippen molar-refractivity contribution in [1.29, 1.82) is 0 Å². The number of phenols is 1. The lowest BCUT2D eigenvalue weighted by atomic mass is 10.00. The molecule has 0 radical (unpaired) electrons. The van der Waals surface area contributed by atoms with E-state index in [1.165, 1.54) is 5.56 Å². The van der Waals surface area contributed by atoms with Crippen LogP contribution in [0.4, 0.5) is 5.95 Å². The number of aromatic nitrogens is 2. The van der Waals surface area contributed by atoms with Gasteiger partial charge in [-0.15, -0.1) is 0 Å². The fraction of sp³-hybridized carbons (Fsp3) is 0.120. The Morgan fingerprint density at radius 2 is 1.61 bits per heavy atom. The number of methoxy groups -OCH3 is 1. The molecule has 0 aliphatic heterocycles. The van der Waals surface area contributed by atoms with E-state index in [0.29, 0.717) is 23.6 Å². The van der Waals surface area contributed by atoms with Crippen LogP contribution in [0.3, 0.4) is 0 Å². The van der Waals surface area contributed by atoms with E-state index in [1.54, 1.807) is 31.5 Å². The molecule has 156 valence electrons. The second-order valence-electron chi connectivity index (χ2n) is 7.17. The van der Waals surface area contributed by atoms with Crippen molar-refractivity contribution in [2.75, 3.05) is 12.8 Å². The summed E-state index contributed by atoms with van der Waals surface area (Å²) < 4.78 is 11.1. The van der Waals surface area contributed by atoms with E-state index in [1.807, 2.05) is 55.5 Å². The maximum absolute atomic E-state index is 10.7. The van der Waals surface area contributed by atoms with Gasteiger partial charge >= 0.3 is 0 Å². The fourth-order valence-electron chi connectivity index (χ4n) is 3.24. The summed E-state index contributed by atoms with van der Waals surface area (Å²) >= 11 is 0. The molecule has 0 aliphatic carbocycles. The van der Waals surface area contributed by atoms with Gasteiger partial charge < -0.3 is 20.3 Å². The Kier molecular flexibility index (Phi) is 5.71. The number of rotatable bonds is 6. The molecule has 0 atom stereocenters. The summed E-state index contributed by atoms with van der Waals surface area (Å²) in [7, 11) is 1.62. The number of nitrogen functional groups attached to an aromatic ring is 1. The Morgan fingerprint density at radius 3 is 2.29 bits per heavy atom. The highest BCUT2D eigenvalue weighted by molar-refractivity contribution is 5.83. The maximum atomic E-state index is 10.7. The molecule has 0 unspecified atom stereocenters. The Labute approximate surface area is 180 Å². The second kappa shape index (κ2) is 8.75. The van der Waals surface area contributed by atoms with Crippen molar-refractivity contribution in [3.8, 4) is 39.6 Å². The first kappa shape index (κ1) is 20.2. The van der Waals surface area contributed by atoms with Gasteiger partial charge in [-0.1, -0.05) is 42.0 Å². The molecule has 4 aromatic rings. The second-order valence-corrected chi connectivity index (χ2v) is 7.17. The lowest BCUT2D eigenvalue weighted by Crippen LogP contribution is -1.99. The number of nitrogens with zero attached hydrogens (tertiary/aromatic N) is 2. The summed E-state index contributed by atoms with van der Waals surface area (Å²) in [5.41, 5.74) is 10.8. The van der Waals surface area contributed by atoms with Gasteiger partial charge in [-0.2, -0.15) is 0 Å². The van der Waals surface area contributed by atoms with Crippen LogP contribution in [0.1, 0.15) is 11.1 Å². The average molecular weight is 413 g/mol. The van der Waals surface area contributed by atoms with E-state index < -0.39 is 0 Å². The van der Waals surface area contributed by atoms with Crippen LogP contribution >= 0.6 is 0 Å². The Hall–Kier alpha value is -4.06. The lowest BCUT2D eigenvalue weighted by molar-refractivity contribution is 0.304. The summed E-state index contributed by atoms with van der Waals surface area (Å²) in [5, 5.41) is 10.7. The Morgan fingerprint density at radius 1 is 0.903 bits per heavy atom. The average Bonchev–Trinajstić information content (AvgIpc) is 2.79. The summed E-state index contributed by atoms with van der Waals surface area (Å²) in [4.78, 5) is 8.52. The van der Waals surface area contributed by atoms with Crippen LogP contribution in [0, 0.1) is 6.92 Å². The third kappa shape index (κ3) is 4.59. The predicted octanol–water partition coefficient (Wildman–Crippen LogP) is 4.99. The Balaban J connectivity index is 1.63. The number of anilines is 1. The van der Waals surface area contributed by atoms with Crippen LogP contribution in [0.2, 0.25) is 0 Å². The number of phenolic OH excluding ortho intramolecular Hbond substituents is 1. The van der Waals surface area contributed by atoms with E-state index in [2.05, 4.69) is 9.97 Å². The number of aryl methyl sites for hydroxylation is 1. The molecular formula is C25H23N3O3. The molecule has 0 saturated heterocycles. The molecule has 0 aliphatic rings. The maximum Gasteiger partial charge on any atom is 0.220 e. The number of hydrogen-bond donors (Lipinski definition) is 2. The first-order valence-corrected chi connectivity index (χ1v) is 9.82. The van der Waals surface area contributed by atoms with Gasteiger partial charge in [0.1, 0.15) is 23.9 Å². The topological polar surface area (TPSA) is 90.5 Å². The molecule has 0 fully saturated rings. The normalized spacial score (nSPS) is 10.6. The van der Waals surface area contributed by atoms with E-state index >= 15 is 0 Å². The zero-order chi connectivity index (χ0) is 21.8. The lowest BCUT2D eigenvalue weighted by Gasteiger charge is -2.13. The molecule has 3 N–H and O–H groups in total. The first-order valence-electron chi connectivity index (χ1n) is 9.82. The zero-order valence-electron chi connectivity index (χ0n) is 17.4. The van der Waals surface area contributed by atoms with Crippen LogP contribution in [-0.2, 0) is 6.61 Å². The minimum atomic E-state index is 0.0502. The van der Waals surface area contributed by atoms with Crippen LogP contribution in [0.15, 0.2) is 72.9 Å². The standard InChI is InChI=1S/C25H23N3O3/c1-16-3-5-17(6-4-16)15-31-20-11-12-21(23(29)13-20)24-22(14-27-25(26)28-24)18-7-9-19(30-2)10-8-18/h3-14,29H,15H2,1-2H3,(H2,26,27,28). The van der Waals surface area contributed by atoms with Gasteiger partial charge in [0.15, 0.2) is 0 Å². The molecular weight excluding hydrogens is 390 g/mol. The van der Waals surface area contributed by atoms with Crippen molar-refractivity contribution < 1.29 is 14.6 Å². The van der Waals surface area contributed by atoms with E-state index in [0.717, 1.165) is 22.4 Å². The number of nitrogens with two attached hydrogens (primary N) is 1. The molecule has 0 saturated carbocycles. The van der Waals surface area contributed by atoms with Crippen molar-refractivity contribution in [2.24, 2.45) is 0 Å². The predicted molar refractivity (Wildman–Crippen MR) is 121 cm³/mol. The number of hydrogen-bond acceptors (Lipinski definition) is 6. The number of benzene rings is 3. The monoisotopic (exact) mass is 413 g/mol. The highest BCUT2D eigenvalue weighted by Crippen LogP contribution is 2.37. The summed E-state index contributed by atoms with van der Waals surface area (Å²) in [5.74, 6) is 1.50. The summed E-state index contributed by atoms with van der Waals surface area (Å²) in [6.07, 6.45) is 1.65.